The van der Waals surface area contributed by atoms with Crippen LogP contribution in [-0.2, 0) is 27.5 Å². The van der Waals surface area contributed by atoms with Gasteiger partial charge in [0, 0.05) is 44.3 Å². The second-order valence-electron chi connectivity index (χ2n) is 17.5. The summed E-state index contributed by atoms with van der Waals surface area (Å²) in [6.07, 6.45) is 6.68. The summed E-state index contributed by atoms with van der Waals surface area (Å²) in [5.74, 6) is 2.01. The summed E-state index contributed by atoms with van der Waals surface area (Å²) in [5, 5.41) is 2.22. The molecule has 0 fully saturated rings. The van der Waals surface area contributed by atoms with Crippen molar-refractivity contribution in [2.45, 2.75) is 27.2 Å². The van der Waals surface area contributed by atoms with E-state index < -0.39 is 0 Å². The minimum absolute atomic E-state index is 0. The molecule has 0 unspecified atom stereocenters. The van der Waals surface area contributed by atoms with Gasteiger partial charge in [-0.3, -0.25) is 4.57 Å². The summed E-state index contributed by atoms with van der Waals surface area (Å²) in [7, 11) is 0. The number of benzene rings is 8. The third-order valence-electron chi connectivity index (χ3n) is 11.7. The molecule has 0 N–H and O–H groups in total. The number of pyridine rings is 1. The maximum absolute atomic E-state index is 6.70. The zero-order valence-corrected chi connectivity index (χ0v) is 38.5. The average molecular weight is 1020 g/mol. The van der Waals surface area contributed by atoms with E-state index in [1.165, 1.54) is 5.56 Å². The predicted molar refractivity (Wildman–Crippen MR) is 259 cm³/mol. The summed E-state index contributed by atoms with van der Waals surface area (Å²) in [4.78, 5) is 4.88. The van der Waals surface area contributed by atoms with Gasteiger partial charge in [-0.15, -0.1) is 29.7 Å². The Hall–Kier alpha value is -7.33. The fourth-order valence-corrected chi connectivity index (χ4v) is 8.97. The van der Waals surface area contributed by atoms with Gasteiger partial charge in [0.2, 0.25) is 0 Å². The standard InChI is InChI=1S/C59H44N4O.Pt/c1-59(2,3)39-41-33-34-60-57(35-41)63-53-28-14-13-25-51(53)52-31-30-48(38-55(52)63)64-47-24-15-23-46(37-47)61-40-62(54-32-29-45(36-56(54)61)42-17-7-4-8-18-42)58-49(43-19-9-5-10-20-43)26-16-27-50(58)44-21-11-6-12-22-44;/h4-36H,39H2,1-3H3;/q-2;. The maximum Gasteiger partial charge on any atom is 0.268 e. The Morgan fingerprint density at radius 3 is 1.91 bits per heavy atom. The van der Waals surface area contributed by atoms with Gasteiger partial charge in [-0.05, 0) is 86.1 Å². The second kappa shape index (κ2) is 17.3. The molecule has 3 heterocycles. The SMILES string of the molecule is CC(C)(C)Cc1ccnc(-n2c3[c-]c(Oc4[c-]c(-n5[c-][n+](-c6c(-c7ccccc7)cccc6-c6ccccc6)c6ccc(-c7ccccc7)cc65)ccc4)ccc3c3ccccc32)c1.[Pt]. The molecule has 0 amide bonds. The number of fused-ring (bicyclic) bond motifs is 4. The van der Waals surface area contributed by atoms with E-state index in [9.17, 15) is 0 Å². The third kappa shape index (κ3) is 8.09. The van der Waals surface area contributed by atoms with Crippen molar-refractivity contribution in [2.75, 3.05) is 0 Å². The Labute approximate surface area is 394 Å². The minimum atomic E-state index is 0. The molecule has 0 aliphatic heterocycles. The van der Waals surface area contributed by atoms with Gasteiger partial charge in [-0.2, -0.15) is 18.2 Å². The van der Waals surface area contributed by atoms with Crippen LogP contribution in [0.2, 0.25) is 0 Å². The summed E-state index contributed by atoms with van der Waals surface area (Å²) in [5.41, 5.74) is 13.9. The number of rotatable bonds is 9. The third-order valence-corrected chi connectivity index (χ3v) is 11.7. The van der Waals surface area contributed by atoms with Crippen LogP contribution in [0.3, 0.4) is 0 Å². The first kappa shape index (κ1) is 41.7. The Morgan fingerprint density at radius 2 is 1.20 bits per heavy atom. The van der Waals surface area contributed by atoms with Gasteiger partial charge in [0.15, 0.2) is 0 Å². The molecule has 8 aromatic carbocycles. The number of nitrogens with zero attached hydrogens (tertiary/aromatic N) is 4. The Bertz CT molecular complexity index is 3420. The summed E-state index contributed by atoms with van der Waals surface area (Å²) in [6.45, 7) is 6.79. The first-order valence-electron chi connectivity index (χ1n) is 21.8. The van der Waals surface area contributed by atoms with Gasteiger partial charge in [-0.1, -0.05) is 166 Å². The number of ether oxygens (including phenoxy) is 1. The molecular weight excluding hydrogens is 976 g/mol. The smallest absolute Gasteiger partial charge is 0.268 e. The molecule has 0 atom stereocenters. The Balaban J connectivity index is 0.00000498. The van der Waals surface area contributed by atoms with E-state index >= 15 is 0 Å². The topological polar surface area (TPSA) is 35.9 Å². The molecule has 11 aromatic rings. The molecule has 3 aromatic heterocycles. The molecule has 5 nitrogen and oxygen atoms in total. The molecule has 0 spiro atoms. The fraction of sp³-hybridized carbons (Fsp3) is 0.0847. The van der Waals surface area contributed by atoms with Gasteiger partial charge >= 0.3 is 0 Å². The van der Waals surface area contributed by atoms with Gasteiger partial charge in [0.25, 0.3) is 6.33 Å². The quantitative estimate of drug-likeness (QED) is 0.107. The fourth-order valence-electron chi connectivity index (χ4n) is 8.97. The zero-order chi connectivity index (χ0) is 43.2. The van der Waals surface area contributed by atoms with Crippen LogP contribution >= 0.6 is 0 Å². The Kier molecular flexibility index (Phi) is 11.1. The summed E-state index contributed by atoms with van der Waals surface area (Å²) >= 11 is 0. The van der Waals surface area contributed by atoms with Crippen molar-refractivity contribution in [1.82, 2.24) is 14.1 Å². The van der Waals surface area contributed by atoms with E-state index in [-0.39, 0.29) is 26.5 Å². The zero-order valence-electron chi connectivity index (χ0n) is 36.3. The molecule has 318 valence electrons. The molecule has 0 aliphatic carbocycles. The molecule has 0 bridgehead atoms. The van der Waals surface area contributed by atoms with E-state index in [4.69, 9.17) is 9.72 Å². The van der Waals surface area contributed by atoms with Gasteiger partial charge in [0.1, 0.15) is 5.82 Å². The summed E-state index contributed by atoms with van der Waals surface area (Å²) in [6, 6.07) is 75.1. The van der Waals surface area contributed by atoms with Crippen molar-refractivity contribution in [2.24, 2.45) is 5.41 Å². The van der Waals surface area contributed by atoms with Crippen LogP contribution in [-0.4, -0.2) is 14.1 Å². The molecule has 0 radical (unpaired) electrons. The maximum atomic E-state index is 6.70. The molecule has 11 rings (SSSR count). The summed E-state index contributed by atoms with van der Waals surface area (Å²) < 4.78 is 13.2. The largest absolute Gasteiger partial charge is 0.510 e. The first-order chi connectivity index (χ1) is 31.3. The van der Waals surface area contributed by atoms with E-state index in [0.717, 1.165) is 89.8 Å². The second-order valence-corrected chi connectivity index (χ2v) is 17.5. The van der Waals surface area contributed by atoms with Crippen LogP contribution in [0.5, 0.6) is 11.5 Å². The number of hydrogen-bond donors (Lipinski definition) is 0. The van der Waals surface area contributed by atoms with E-state index in [1.54, 1.807) is 0 Å². The van der Waals surface area contributed by atoms with E-state index in [2.05, 4.69) is 229 Å². The van der Waals surface area contributed by atoms with Crippen molar-refractivity contribution < 1.29 is 30.4 Å². The van der Waals surface area contributed by atoms with Gasteiger partial charge < -0.3 is 13.9 Å². The van der Waals surface area contributed by atoms with Crippen molar-refractivity contribution in [1.29, 1.82) is 0 Å². The Morgan fingerprint density at radius 1 is 0.554 bits per heavy atom. The van der Waals surface area contributed by atoms with Crippen LogP contribution < -0.4 is 9.30 Å². The first-order valence-corrected chi connectivity index (χ1v) is 21.8. The molecule has 6 heteroatoms. The number of hydrogen-bond acceptors (Lipinski definition) is 2. The molecule has 0 saturated carbocycles. The van der Waals surface area contributed by atoms with Gasteiger partial charge in [0.05, 0.1) is 16.7 Å². The number of aromatic nitrogens is 4. The van der Waals surface area contributed by atoms with Crippen LogP contribution in [0.25, 0.3) is 83.4 Å². The minimum Gasteiger partial charge on any atom is -0.510 e. The molecular formula is C59H44N4OPt-2. The van der Waals surface area contributed by atoms with Crippen LogP contribution in [0, 0.1) is 23.9 Å². The average Bonchev–Trinajstić information content (AvgIpc) is 3.87. The van der Waals surface area contributed by atoms with Crippen molar-refractivity contribution >= 4 is 32.8 Å². The predicted octanol–water partition coefficient (Wildman–Crippen LogP) is 14.2. The van der Waals surface area contributed by atoms with E-state index in [0.29, 0.717) is 11.5 Å². The van der Waals surface area contributed by atoms with Gasteiger partial charge in [-0.25, -0.2) is 4.98 Å². The van der Waals surface area contributed by atoms with E-state index in [1.807, 2.05) is 24.4 Å². The molecule has 0 aliphatic rings. The van der Waals surface area contributed by atoms with Crippen LogP contribution in [0.1, 0.15) is 26.3 Å². The van der Waals surface area contributed by atoms with Crippen LogP contribution in [0.4, 0.5) is 0 Å². The van der Waals surface area contributed by atoms with Crippen molar-refractivity contribution in [3.8, 4) is 62.1 Å². The van der Waals surface area contributed by atoms with Crippen LogP contribution in [0.15, 0.2) is 200 Å². The molecule has 0 saturated heterocycles. The number of para-hydroxylation sites is 2. The molecule has 65 heavy (non-hydrogen) atoms. The normalized spacial score (nSPS) is 11.6. The van der Waals surface area contributed by atoms with Crippen molar-refractivity contribution in [3.63, 3.8) is 0 Å². The number of imidazole rings is 1. The monoisotopic (exact) mass is 1020 g/mol. The van der Waals surface area contributed by atoms with Crippen molar-refractivity contribution in [3.05, 3.63) is 224 Å².